The second-order valence-corrected chi connectivity index (χ2v) is 6.44. The van der Waals surface area contributed by atoms with Crippen LogP contribution < -0.4 is 10.6 Å². The topological polar surface area (TPSA) is 97.1 Å². The fourth-order valence-corrected chi connectivity index (χ4v) is 1.75. The van der Waals surface area contributed by atoms with Gasteiger partial charge in [0.2, 0.25) is 5.89 Å². The van der Waals surface area contributed by atoms with E-state index in [2.05, 4.69) is 27.8 Å². The third-order valence-corrected chi connectivity index (χ3v) is 3.21. The first-order chi connectivity index (χ1) is 8.42. The minimum absolute atomic E-state index is 0.0112. The fourth-order valence-electron chi connectivity index (χ4n) is 1.27. The van der Waals surface area contributed by atoms with Gasteiger partial charge in [-0.1, -0.05) is 12.0 Å². The van der Waals surface area contributed by atoms with Crippen molar-refractivity contribution >= 4 is 15.9 Å². The highest BCUT2D eigenvalue weighted by atomic mass is 32.2. The highest BCUT2D eigenvalue weighted by molar-refractivity contribution is 7.90. The minimum atomic E-state index is -2.98. The molecule has 0 fully saturated rings. The summed E-state index contributed by atoms with van der Waals surface area (Å²) < 4.78 is 27.2. The summed E-state index contributed by atoms with van der Waals surface area (Å²) in [4.78, 5) is 0. The van der Waals surface area contributed by atoms with Crippen molar-refractivity contribution in [3.05, 3.63) is 5.89 Å². The van der Waals surface area contributed by atoms with Crippen LogP contribution in [0.5, 0.6) is 0 Å². The maximum Gasteiger partial charge on any atom is 0.315 e. The molecule has 8 heteroatoms. The quantitative estimate of drug-likeness (QED) is 0.717. The van der Waals surface area contributed by atoms with Gasteiger partial charge in [-0.15, -0.1) is 5.10 Å². The Labute approximate surface area is 107 Å². The normalized spacial score (nSPS) is 13.5. The van der Waals surface area contributed by atoms with Gasteiger partial charge in [0, 0.05) is 12.8 Å². The molecule has 0 radical (unpaired) electrons. The zero-order valence-electron chi connectivity index (χ0n) is 10.9. The molecule has 1 rings (SSSR count). The van der Waals surface area contributed by atoms with Crippen LogP contribution in [-0.4, -0.2) is 43.7 Å². The van der Waals surface area contributed by atoms with Crippen LogP contribution >= 0.6 is 0 Å². The lowest BCUT2D eigenvalue weighted by molar-refractivity contribution is 0.423. The van der Waals surface area contributed by atoms with Crippen LogP contribution in [0.15, 0.2) is 4.42 Å². The lowest BCUT2D eigenvalue weighted by atomic mass is 10.3. The van der Waals surface area contributed by atoms with E-state index in [-0.39, 0.29) is 24.4 Å². The molecule has 1 unspecified atom stereocenters. The Kier molecular flexibility index (Phi) is 5.54. The fraction of sp³-hybridized carbons (Fsp3) is 0.800. The number of hydrogen-bond acceptors (Lipinski definition) is 7. The first kappa shape index (κ1) is 14.9. The molecule has 0 aliphatic carbocycles. The number of sulfone groups is 1. The molecule has 1 aromatic rings. The Morgan fingerprint density at radius 3 is 2.67 bits per heavy atom. The summed E-state index contributed by atoms with van der Waals surface area (Å²) in [5, 5.41) is 13.7. The summed E-state index contributed by atoms with van der Waals surface area (Å²) in [6.07, 6.45) is 2.21. The summed E-state index contributed by atoms with van der Waals surface area (Å²) in [6.45, 7) is 5.15. The maximum absolute atomic E-state index is 10.9. The van der Waals surface area contributed by atoms with Gasteiger partial charge in [-0.25, -0.2) is 8.42 Å². The molecule has 0 saturated heterocycles. The molecular formula is C10H20N4O3S. The van der Waals surface area contributed by atoms with Crippen molar-refractivity contribution in [2.45, 2.75) is 26.3 Å². The monoisotopic (exact) mass is 276 g/mol. The van der Waals surface area contributed by atoms with Crippen molar-refractivity contribution in [1.29, 1.82) is 0 Å². The van der Waals surface area contributed by atoms with E-state index in [1.807, 2.05) is 6.92 Å². The zero-order valence-corrected chi connectivity index (χ0v) is 11.7. The van der Waals surface area contributed by atoms with Crippen LogP contribution in [0.2, 0.25) is 0 Å². The average molecular weight is 276 g/mol. The van der Waals surface area contributed by atoms with E-state index < -0.39 is 9.84 Å². The van der Waals surface area contributed by atoms with Crippen LogP contribution in [0.25, 0.3) is 0 Å². The van der Waals surface area contributed by atoms with Gasteiger partial charge in [0.25, 0.3) is 0 Å². The van der Waals surface area contributed by atoms with Crippen molar-refractivity contribution in [3.63, 3.8) is 0 Å². The van der Waals surface area contributed by atoms with E-state index in [9.17, 15) is 8.42 Å². The molecular weight excluding hydrogens is 256 g/mol. The number of hydrogen-bond donors (Lipinski definition) is 2. The molecule has 0 spiro atoms. The molecule has 7 nitrogen and oxygen atoms in total. The third-order valence-electron chi connectivity index (χ3n) is 2.26. The molecule has 1 atom stereocenters. The van der Waals surface area contributed by atoms with Gasteiger partial charge in [0.05, 0.1) is 11.8 Å². The molecule has 18 heavy (non-hydrogen) atoms. The molecule has 0 aromatic carbocycles. The molecule has 1 aromatic heterocycles. The number of nitrogens with one attached hydrogen (secondary N) is 2. The van der Waals surface area contributed by atoms with E-state index in [4.69, 9.17) is 4.42 Å². The van der Waals surface area contributed by atoms with Crippen LogP contribution in [0, 0.1) is 0 Å². The first-order valence-corrected chi connectivity index (χ1v) is 7.97. The van der Waals surface area contributed by atoms with Crippen molar-refractivity contribution in [1.82, 2.24) is 15.5 Å². The van der Waals surface area contributed by atoms with Crippen LogP contribution in [0.3, 0.4) is 0 Å². The van der Waals surface area contributed by atoms with Crippen molar-refractivity contribution in [3.8, 4) is 0 Å². The van der Waals surface area contributed by atoms with Crippen LogP contribution in [0.4, 0.5) is 6.01 Å². The molecule has 0 bridgehead atoms. The molecule has 1 heterocycles. The number of aromatic nitrogens is 2. The lowest BCUT2D eigenvalue weighted by Gasteiger charge is -2.07. The minimum Gasteiger partial charge on any atom is -0.406 e. The van der Waals surface area contributed by atoms with Crippen molar-refractivity contribution in [2.75, 3.05) is 30.4 Å². The van der Waals surface area contributed by atoms with Crippen LogP contribution in [-0.2, 0) is 9.84 Å². The van der Waals surface area contributed by atoms with Gasteiger partial charge in [-0.2, -0.15) is 0 Å². The van der Waals surface area contributed by atoms with Gasteiger partial charge >= 0.3 is 6.01 Å². The van der Waals surface area contributed by atoms with Gasteiger partial charge in [0.1, 0.15) is 9.84 Å². The first-order valence-electron chi connectivity index (χ1n) is 5.90. The maximum atomic E-state index is 10.9. The number of nitrogens with zero attached hydrogens (tertiary/aromatic N) is 2. The Balaban J connectivity index is 2.43. The highest BCUT2D eigenvalue weighted by Gasteiger charge is 2.13. The lowest BCUT2D eigenvalue weighted by Crippen LogP contribution is -2.19. The third kappa shape index (κ3) is 5.46. The summed E-state index contributed by atoms with van der Waals surface area (Å²) in [5.41, 5.74) is 0. The Bertz CT molecular complexity index is 457. The second kappa shape index (κ2) is 6.69. The molecule has 104 valence electrons. The zero-order chi connectivity index (χ0) is 13.6. The van der Waals surface area contributed by atoms with Crippen LogP contribution in [0.1, 0.15) is 32.2 Å². The Morgan fingerprint density at radius 2 is 2.06 bits per heavy atom. The number of rotatable bonds is 8. The predicted molar refractivity (Wildman–Crippen MR) is 69.2 cm³/mol. The van der Waals surface area contributed by atoms with Gasteiger partial charge in [0.15, 0.2) is 0 Å². The van der Waals surface area contributed by atoms with E-state index >= 15 is 0 Å². The summed E-state index contributed by atoms with van der Waals surface area (Å²) >= 11 is 0. The highest BCUT2D eigenvalue weighted by Crippen LogP contribution is 2.13. The predicted octanol–water partition coefficient (Wildman–Crippen LogP) is 0.587. The van der Waals surface area contributed by atoms with Gasteiger partial charge in [-0.05, 0) is 19.9 Å². The summed E-state index contributed by atoms with van der Waals surface area (Å²) in [7, 11) is -2.98. The van der Waals surface area contributed by atoms with E-state index in [0.29, 0.717) is 5.89 Å². The molecule has 0 aliphatic rings. The van der Waals surface area contributed by atoms with E-state index in [1.165, 1.54) is 6.26 Å². The standard InChI is InChI=1S/C10H20N4O3S/c1-4-5-11-8(2)9-13-14-10(17-9)12-6-7-18(3,15)16/h8,11H,4-7H2,1-3H3,(H,12,14). The Morgan fingerprint density at radius 1 is 1.33 bits per heavy atom. The molecule has 0 saturated carbocycles. The van der Waals surface area contributed by atoms with Gasteiger partial charge in [-0.3, -0.25) is 0 Å². The van der Waals surface area contributed by atoms with E-state index in [1.54, 1.807) is 0 Å². The Hall–Kier alpha value is -1.15. The van der Waals surface area contributed by atoms with Crippen molar-refractivity contribution < 1.29 is 12.8 Å². The van der Waals surface area contributed by atoms with Crippen molar-refractivity contribution in [2.24, 2.45) is 0 Å². The average Bonchev–Trinajstić information content (AvgIpc) is 2.73. The van der Waals surface area contributed by atoms with E-state index in [0.717, 1.165) is 13.0 Å². The summed E-state index contributed by atoms with van der Waals surface area (Å²) in [5.74, 6) is 0.527. The molecule has 0 aliphatic heterocycles. The SMILES string of the molecule is CCCNC(C)c1nnc(NCCS(C)(=O)=O)o1. The largest absolute Gasteiger partial charge is 0.406 e. The molecule has 2 N–H and O–H groups in total. The van der Waals surface area contributed by atoms with Gasteiger partial charge < -0.3 is 15.1 Å². The molecule has 0 amide bonds. The second-order valence-electron chi connectivity index (χ2n) is 4.18. The summed E-state index contributed by atoms with van der Waals surface area (Å²) in [6, 6.07) is 0.238. The smallest absolute Gasteiger partial charge is 0.315 e. The number of anilines is 1.